The van der Waals surface area contributed by atoms with Crippen molar-refractivity contribution >= 4 is 11.3 Å². The molecular weight excluding hydrogens is 313 g/mol. The van der Waals surface area contributed by atoms with Crippen molar-refractivity contribution in [3.63, 3.8) is 0 Å². The van der Waals surface area contributed by atoms with Gasteiger partial charge in [-0.2, -0.15) is 0 Å². The minimum absolute atomic E-state index is 0.0798. The minimum Gasteiger partial charge on any atom is -0.491 e. The average molecular weight is 337 g/mol. The molecule has 0 saturated carbocycles. The Morgan fingerprint density at radius 1 is 1.48 bits per heavy atom. The van der Waals surface area contributed by atoms with Crippen LogP contribution in [0.1, 0.15) is 42.3 Å². The zero-order valence-electron chi connectivity index (χ0n) is 13.5. The first-order chi connectivity index (χ1) is 11.2. The second-order valence-corrected chi connectivity index (χ2v) is 7.03. The first-order valence-electron chi connectivity index (χ1n) is 8.24. The summed E-state index contributed by atoms with van der Waals surface area (Å²) in [6.07, 6.45) is 6.80. The number of nitrogens with zero attached hydrogens (tertiary/aromatic N) is 2. The molecule has 1 unspecified atom stereocenters. The Balaban J connectivity index is 1.56. The van der Waals surface area contributed by atoms with Crippen molar-refractivity contribution in [1.82, 2.24) is 9.88 Å². The number of rotatable bonds is 5. The van der Waals surface area contributed by atoms with Crippen LogP contribution in [0.3, 0.4) is 0 Å². The van der Waals surface area contributed by atoms with Crippen LogP contribution in [0.2, 0.25) is 0 Å². The summed E-state index contributed by atoms with van der Waals surface area (Å²) >= 11 is 1.68. The maximum Gasteiger partial charge on any atom is 0.118 e. The van der Waals surface area contributed by atoms with Crippen molar-refractivity contribution in [3.05, 3.63) is 39.8 Å². The monoisotopic (exact) mass is 337 g/mol. The van der Waals surface area contributed by atoms with E-state index in [1.165, 1.54) is 11.0 Å². The van der Waals surface area contributed by atoms with E-state index in [4.69, 9.17) is 10.5 Å². The average Bonchev–Trinajstić information content (AvgIpc) is 2.96. The van der Waals surface area contributed by atoms with Crippen LogP contribution in [-0.2, 0) is 4.74 Å². The lowest BCUT2D eigenvalue weighted by molar-refractivity contribution is 0.0400. The fourth-order valence-corrected chi connectivity index (χ4v) is 4.22. The molecular formula is C17H24FN3OS. The predicted octanol–water partition coefficient (Wildman–Crippen LogP) is 3.46. The molecule has 3 rings (SSSR count). The van der Waals surface area contributed by atoms with E-state index in [1.54, 1.807) is 11.3 Å². The fourth-order valence-electron chi connectivity index (χ4n) is 3.27. The van der Waals surface area contributed by atoms with E-state index in [-0.39, 0.29) is 18.0 Å². The van der Waals surface area contributed by atoms with E-state index >= 15 is 0 Å². The second kappa shape index (κ2) is 7.55. The van der Waals surface area contributed by atoms with Gasteiger partial charge in [0.2, 0.25) is 0 Å². The van der Waals surface area contributed by atoms with Gasteiger partial charge in [-0.05, 0) is 32.3 Å². The van der Waals surface area contributed by atoms with Crippen LogP contribution in [0, 0.1) is 6.92 Å². The number of aryl methyl sites for hydroxylation is 1. The highest BCUT2D eigenvalue weighted by Gasteiger charge is 2.28. The fraction of sp³-hybridized carbons (Fsp3) is 0.588. The highest BCUT2D eigenvalue weighted by atomic mass is 32.1. The van der Waals surface area contributed by atoms with Gasteiger partial charge in [-0.25, -0.2) is 9.37 Å². The van der Waals surface area contributed by atoms with Crippen LogP contribution in [0.25, 0.3) is 0 Å². The number of aromatic nitrogens is 1. The summed E-state index contributed by atoms with van der Waals surface area (Å²) in [5, 5.41) is 0. The summed E-state index contributed by atoms with van der Waals surface area (Å²) in [4.78, 5) is 8.03. The van der Waals surface area contributed by atoms with E-state index in [0.29, 0.717) is 18.7 Å². The van der Waals surface area contributed by atoms with Gasteiger partial charge in [0.05, 0.1) is 17.2 Å². The summed E-state index contributed by atoms with van der Waals surface area (Å²) in [5.41, 5.74) is 8.98. The summed E-state index contributed by atoms with van der Waals surface area (Å²) in [6.45, 7) is 4.54. The standard InChI is InChI=1S/C17H24FN3OS/c1-12-17(23-11-20-12)16(10-19)21-7-5-14(6-8-21)22-15-4-2-3-13(18)9-15/h4,9,11,14,16H,2-3,5-8,10,19H2,1H3. The molecule has 1 saturated heterocycles. The van der Waals surface area contributed by atoms with Crippen LogP contribution in [-0.4, -0.2) is 35.6 Å². The summed E-state index contributed by atoms with van der Waals surface area (Å²) in [7, 11) is 0. The van der Waals surface area contributed by atoms with E-state index < -0.39 is 0 Å². The van der Waals surface area contributed by atoms with Crippen LogP contribution in [0.4, 0.5) is 4.39 Å². The maximum atomic E-state index is 13.3. The van der Waals surface area contributed by atoms with Crippen molar-refractivity contribution in [2.75, 3.05) is 19.6 Å². The Hall–Kier alpha value is -1.24. The predicted molar refractivity (Wildman–Crippen MR) is 90.8 cm³/mol. The molecule has 126 valence electrons. The van der Waals surface area contributed by atoms with Crippen molar-refractivity contribution in [2.24, 2.45) is 5.73 Å². The number of nitrogens with two attached hydrogens (primary N) is 1. The van der Waals surface area contributed by atoms with E-state index in [0.717, 1.165) is 38.0 Å². The molecule has 1 fully saturated rings. The van der Waals surface area contributed by atoms with Gasteiger partial charge in [-0.15, -0.1) is 11.3 Å². The molecule has 0 amide bonds. The summed E-state index contributed by atoms with van der Waals surface area (Å²) in [6, 6.07) is 0.245. The van der Waals surface area contributed by atoms with Gasteiger partial charge in [0.15, 0.2) is 0 Å². The molecule has 6 heteroatoms. The van der Waals surface area contributed by atoms with Crippen molar-refractivity contribution in [2.45, 2.75) is 44.8 Å². The summed E-state index contributed by atoms with van der Waals surface area (Å²) in [5.74, 6) is 0.615. The smallest absolute Gasteiger partial charge is 0.118 e. The number of piperidine rings is 1. The normalized spacial score (nSPS) is 21.7. The third-order valence-corrected chi connectivity index (χ3v) is 5.59. The van der Waals surface area contributed by atoms with Crippen molar-refractivity contribution in [3.8, 4) is 0 Å². The Morgan fingerprint density at radius 2 is 2.26 bits per heavy atom. The van der Waals surface area contributed by atoms with Gasteiger partial charge in [0, 0.05) is 37.0 Å². The zero-order valence-corrected chi connectivity index (χ0v) is 14.3. The molecule has 23 heavy (non-hydrogen) atoms. The molecule has 2 N–H and O–H groups in total. The van der Waals surface area contributed by atoms with Crippen LogP contribution in [0.5, 0.6) is 0 Å². The molecule has 0 radical (unpaired) electrons. The Kier molecular flexibility index (Phi) is 5.46. The number of halogens is 1. The molecule has 1 aromatic rings. The van der Waals surface area contributed by atoms with Gasteiger partial charge in [-0.1, -0.05) is 0 Å². The molecule has 2 heterocycles. The minimum atomic E-state index is -0.0798. The van der Waals surface area contributed by atoms with Gasteiger partial charge >= 0.3 is 0 Å². The molecule has 1 aliphatic heterocycles. The Labute approximate surface area is 140 Å². The molecule has 2 aliphatic rings. The van der Waals surface area contributed by atoms with Crippen LogP contribution < -0.4 is 5.73 Å². The zero-order chi connectivity index (χ0) is 16.2. The topological polar surface area (TPSA) is 51.4 Å². The Morgan fingerprint density at radius 3 is 2.87 bits per heavy atom. The molecule has 0 bridgehead atoms. The van der Waals surface area contributed by atoms with Gasteiger partial charge in [-0.3, -0.25) is 4.90 Å². The lowest BCUT2D eigenvalue weighted by atomic mass is 10.0. The third kappa shape index (κ3) is 4.00. The molecule has 4 nitrogen and oxygen atoms in total. The molecule has 1 atom stereocenters. The quantitative estimate of drug-likeness (QED) is 0.894. The van der Waals surface area contributed by atoms with E-state index in [1.807, 2.05) is 18.5 Å². The van der Waals surface area contributed by atoms with Crippen molar-refractivity contribution < 1.29 is 9.13 Å². The first-order valence-corrected chi connectivity index (χ1v) is 9.12. The first kappa shape index (κ1) is 16.6. The highest BCUT2D eigenvalue weighted by Crippen LogP contribution is 2.30. The maximum absolute atomic E-state index is 13.3. The largest absolute Gasteiger partial charge is 0.491 e. The van der Waals surface area contributed by atoms with Crippen LogP contribution in [0.15, 0.2) is 29.2 Å². The third-order valence-electron chi connectivity index (χ3n) is 4.56. The lowest BCUT2D eigenvalue weighted by Crippen LogP contribution is -2.41. The number of ether oxygens (including phenoxy) is 1. The number of thiazole rings is 1. The molecule has 0 spiro atoms. The SMILES string of the molecule is Cc1ncsc1C(CN)N1CCC(OC2=CCCC(F)=C2)CC1. The number of hydrogen-bond donors (Lipinski definition) is 1. The lowest BCUT2D eigenvalue weighted by Gasteiger charge is -2.37. The van der Waals surface area contributed by atoms with Gasteiger partial charge < -0.3 is 10.5 Å². The molecule has 0 aromatic carbocycles. The second-order valence-electron chi connectivity index (χ2n) is 6.14. The van der Waals surface area contributed by atoms with Crippen LogP contribution >= 0.6 is 11.3 Å². The highest BCUT2D eigenvalue weighted by molar-refractivity contribution is 7.09. The molecule has 1 aliphatic carbocycles. The number of likely N-dealkylation sites (tertiary alicyclic amines) is 1. The number of allylic oxidation sites excluding steroid dienone is 3. The summed E-state index contributed by atoms with van der Waals surface area (Å²) < 4.78 is 19.3. The number of hydrogen-bond acceptors (Lipinski definition) is 5. The van der Waals surface area contributed by atoms with Gasteiger partial charge in [0.1, 0.15) is 17.7 Å². The van der Waals surface area contributed by atoms with Crippen molar-refractivity contribution in [1.29, 1.82) is 0 Å². The molecule has 1 aromatic heterocycles. The van der Waals surface area contributed by atoms with E-state index in [9.17, 15) is 4.39 Å². The van der Waals surface area contributed by atoms with E-state index in [2.05, 4.69) is 9.88 Å². The van der Waals surface area contributed by atoms with Gasteiger partial charge in [0.25, 0.3) is 0 Å². The Bertz CT molecular complexity index is 590.